The summed E-state index contributed by atoms with van der Waals surface area (Å²) in [6.07, 6.45) is 5.42. The van der Waals surface area contributed by atoms with Crippen LogP contribution in [0.2, 0.25) is 0 Å². The van der Waals surface area contributed by atoms with Crippen molar-refractivity contribution < 1.29 is 4.79 Å². The summed E-state index contributed by atoms with van der Waals surface area (Å²) >= 11 is 0. The molecule has 1 aromatic rings. The third-order valence-electron chi connectivity index (χ3n) is 6.80. The molecule has 0 radical (unpaired) electrons. The molecule has 5 heteroatoms. The van der Waals surface area contributed by atoms with E-state index in [1.807, 2.05) is 11.8 Å². The van der Waals surface area contributed by atoms with E-state index in [4.69, 9.17) is 0 Å². The van der Waals surface area contributed by atoms with E-state index in [0.717, 1.165) is 23.1 Å². The minimum absolute atomic E-state index is 0.0249. The molecule has 1 aliphatic heterocycles. The maximum Gasteiger partial charge on any atom is 0.254 e. The molecule has 0 spiro atoms. The summed E-state index contributed by atoms with van der Waals surface area (Å²) < 4.78 is 0. The Kier molecular flexibility index (Phi) is 2.80. The molecule has 0 unspecified atom stereocenters. The maximum atomic E-state index is 13.0. The number of hydrogen-bond donors (Lipinski definition) is 1. The van der Waals surface area contributed by atoms with E-state index in [2.05, 4.69) is 9.97 Å². The fourth-order valence-corrected chi connectivity index (χ4v) is 5.82. The lowest BCUT2D eigenvalue weighted by Crippen LogP contribution is -2.36. The molecule has 2 bridgehead atoms. The summed E-state index contributed by atoms with van der Waals surface area (Å²) in [6, 6.07) is 0. The van der Waals surface area contributed by atoms with Crippen molar-refractivity contribution in [2.75, 3.05) is 13.1 Å². The third-order valence-corrected chi connectivity index (χ3v) is 6.80. The fourth-order valence-electron chi connectivity index (χ4n) is 5.82. The van der Waals surface area contributed by atoms with E-state index >= 15 is 0 Å². The van der Waals surface area contributed by atoms with Crippen LogP contribution in [0, 0.1) is 36.5 Å². The van der Waals surface area contributed by atoms with E-state index in [-0.39, 0.29) is 5.56 Å². The van der Waals surface area contributed by atoms with Crippen LogP contribution in [-0.4, -0.2) is 33.9 Å². The number of aromatic amines is 1. The van der Waals surface area contributed by atoms with Crippen molar-refractivity contribution in [3.05, 3.63) is 27.4 Å². The molecule has 0 aromatic carbocycles. The van der Waals surface area contributed by atoms with Gasteiger partial charge in [0.2, 0.25) is 5.91 Å². The number of rotatable bonds is 1. The fraction of sp³-hybridized carbons (Fsp3) is 0.722. The molecule has 0 saturated heterocycles. The lowest BCUT2D eigenvalue weighted by Gasteiger charge is -2.22. The quantitative estimate of drug-likeness (QED) is 0.850. The van der Waals surface area contributed by atoms with Crippen LogP contribution in [0.25, 0.3) is 0 Å². The first-order valence-electron chi connectivity index (χ1n) is 9.01. The number of aryl methyl sites for hydroxylation is 1. The van der Waals surface area contributed by atoms with Crippen LogP contribution in [0.3, 0.4) is 0 Å². The van der Waals surface area contributed by atoms with Crippen molar-refractivity contribution in [2.45, 2.75) is 39.0 Å². The van der Waals surface area contributed by atoms with E-state index in [9.17, 15) is 9.59 Å². The van der Waals surface area contributed by atoms with Crippen molar-refractivity contribution in [1.29, 1.82) is 0 Å². The van der Waals surface area contributed by atoms with Gasteiger partial charge in [-0.3, -0.25) is 9.59 Å². The maximum absolute atomic E-state index is 13.0. The number of nitrogens with zero attached hydrogens (tertiary/aromatic N) is 2. The molecule has 2 heterocycles. The highest BCUT2D eigenvalue weighted by Gasteiger charge is 2.67. The average Bonchev–Trinajstić information content (AvgIpc) is 3.06. The molecule has 1 aromatic heterocycles. The molecule has 4 atom stereocenters. The summed E-state index contributed by atoms with van der Waals surface area (Å²) in [5.74, 6) is 4.37. The molecular weight excluding hydrogens is 290 g/mol. The Morgan fingerprint density at radius 2 is 1.87 bits per heavy atom. The summed E-state index contributed by atoms with van der Waals surface area (Å²) in [5.41, 5.74) is 1.64. The highest BCUT2D eigenvalue weighted by atomic mass is 16.2. The molecule has 3 saturated carbocycles. The summed E-state index contributed by atoms with van der Waals surface area (Å²) in [5, 5.41) is 0. The Morgan fingerprint density at radius 3 is 2.61 bits per heavy atom. The summed E-state index contributed by atoms with van der Waals surface area (Å²) in [7, 11) is 0. The Labute approximate surface area is 135 Å². The normalized spacial score (nSPS) is 37.3. The predicted molar refractivity (Wildman–Crippen MR) is 84.9 cm³/mol. The van der Waals surface area contributed by atoms with Gasteiger partial charge in [0.25, 0.3) is 5.56 Å². The molecule has 1 amide bonds. The second-order valence-electron chi connectivity index (χ2n) is 7.92. The van der Waals surface area contributed by atoms with Crippen LogP contribution >= 0.6 is 0 Å². The van der Waals surface area contributed by atoms with Crippen LogP contribution in [0.15, 0.2) is 4.79 Å². The Bertz CT molecular complexity index is 724. The molecule has 3 fully saturated rings. The molecule has 4 aliphatic rings. The molecular formula is C18H23N3O2. The lowest BCUT2D eigenvalue weighted by atomic mass is 10.0. The summed E-state index contributed by atoms with van der Waals surface area (Å²) in [6.45, 7) is 3.20. The zero-order valence-electron chi connectivity index (χ0n) is 13.5. The zero-order valence-corrected chi connectivity index (χ0v) is 13.5. The first kappa shape index (κ1) is 13.8. The van der Waals surface area contributed by atoms with Gasteiger partial charge in [0.15, 0.2) is 0 Å². The van der Waals surface area contributed by atoms with Crippen LogP contribution in [0.1, 0.15) is 36.3 Å². The molecule has 5 rings (SSSR count). The number of nitrogens with one attached hydrogen (secondary N) is 1. The SMILES string of the molecule is Cc1nc2c(c(=O)[nH]1)CCN(C(=O)C1[C@H]3[C@@H]4CC[C@H](C4)[C@H]13)CC2. The topological polar surface area (TPSA) is 66.1 Å². The van der Waals surface area contributed by atoms with E-state index < -0.39 is 0 Å². The van der Waals surface area contributed by atoms with Gasteiger partial charge in [-0.1, -0.05) is 0 Å². The smallest absolute Gasteiger partial charge is 0.254 e. The second kappa shape index (κ2) is 4.68. The Balaban J connectivity index is 1.33. The summed E-state index contributed by atoms with van der Waals surface area (Å²) in [4.78, 5) is 34.4. The van der Waals surface area contributed by atoms with Crippen molar-refractivity contribution in [3.63, 3.8) is 0 Å². The van der Waals surface area contributed by atoms with Crippen LogP contribution in [-0.2, 0) is 17.6 Å². The number of carbonyl (C=O) groups is 1. The first-order chi connectivity index (χ1) is 11.1. The second-order valence-corrected chi connectivity index (χ2v) is 7.92. The van der Waals surface area contributed by atoms with E-state index in [1.165, 1.54) is 19.3 Å². The van der Waals surface area contributed by atoms with Crippen LogP contribution in [0.4, 0.5) is 0 Å². The van der Waals surface area contributed by atoms with Gasteiger partial charge in [-0.15, -0.1) is 0 Å². The van der Waals surface area contributed by atoms with Crippen molar-refractivity contribution in [1.82, 2.24) is 14.9 Å². The number of amides is 1. The van der Waals surface area contributed by atoms with Gasteiger partial charge < -0.3 is 9.88 Å². The van der Waals surface area contributed by atoms with Crippen molar-refractivity contribution in [3.8, 4) is 0 Å². The highest BCUT2D eigenvalue weighted by Crippen LogP contribution is 2.69. The number of H-pyrrole nitrogens is 1. The van der Waals surface area contributed by atoms with Gasteiger partial charge in [-0.05, 0) is 56.3 Å². The van der Waals surface area contributed by atoms with E-state index in [0.29, 0.717) is 55.4 Å². The first-order valence-corrected chi connectivity index (χ1v) is 9.01. The largest absolute Gasteiger partial charge is 0.342 e. The predicted octanol–water partition coefficient (Wildman–Crippen LogP) is 1.30. The molecule has 3 aliphatic carbocycles. The molecule has 5 nitrogen and oxygen atoms in total. The molecule has 23 heavy (non-hydrogen) atoms. The van der Waals surface area contributed by atoms with Crippen LogP contribution < -0.4 is 5.56 Å². The zero-order chi connectivity index (χ0) is 15.7. The Hall–Kier alpha value is -1.65. The van der Waals surface area contributed by atoms with Crippen LogP contribution in [0.5, 0.6) is 0 Å². The monoisotopic (exact) mass is 313 g/mol. The molecule has 1 N–H and O–H groups in total. The van der Waals surface area contributed by atoms with Gasteiger partial charge in [-0.25, -0.2) is 4.98 Å². The third kappa shape index (κ3) is 1.95. The minimum Gasteiger partial charge on any atom is -0.342 e. The minimum atomic E-state index is -0.0249. The number of carbonyl (C=O) groups excluding carboxylic acids is 1. The van der Waals surface area contributed by atoms with Crippen molar-refractivity contribution in [2.24, 2.45) is 29.6 Å². The van der Waals surface area contributed by atoms with E-state index in [1.54, 1.807) is 0 Å². The number of fused-ring (bicyclic) bond motifs is 6. The lowest BCUT2D eigenvalue weighted by molar-refractivity contribution is -0.133. The van der Waals surface area contributed by atoms with Gasteiger partial charge >= 0.3 is 0 Å². The number of aromatic nitrogens is 2. The number of hydrogen-bond acceptors (Lipinski definition) is 3. The standard InChI is InChI=1S/C18H23N3O2/c1-9-19-13-5-7-21(6-4-12(13)17(22)20-9)18(23)16-14-10-2-3-11(8-10)15(14)16/h10-11,14-16H,2-8H2,1H3,(H,19,20,22)/t10-,11-,14+,15+/m1/s1. The van der Waals surface area contributed by atoms with Gasteiger partial charge in [-0.2, -0.15) is 0 Å². The van der Waals surface area contributed by atoms with Crippen molar-refractivity contribution >= 4 is 5.91 Å². The highest BCUT2D eigenvalue weighted by molar-refractivity contribution is 5.83. The molecule has 122 valence electrons. The van der Waals surface area contributed by atoms with Gasteiger partial charge in [0.1, 0.15) is 5.82 Å². The van der Waals surface area contributed by atoms with Gasteiger partial charge in [0, 0.05) is 31.0 Å². The Morgan fingerprint density at radius 1 is 1.17 bits per heavy atom. The van der Waals surface area contributed by atoms with Gasteiger partial charge in [0.05, 0.1) is 5.69 Å². The average molecular weight is 313 g/mol.